The molecule has 0 radical (unpaired) electrons. The second kappa shape index (κ2) is 5.46. The number of nitrogens with zero attached hydrogens (tertiary/aromatic N) is 2. The molecule has 0 aliphatic carbocycles. The van der Waals surface area contributed by atoms with E-state index in [1.807, 2.05) is 18.2 Å². The van der Waals surface area contributed by atoms with Crippen LogP contribution in [0.25, 0.3) is 0 Å². The third-order valence-corrected chi connectivity index (χ3v) is 3.10. The zero-order valence-electron chi connectivity index (χ0n) is 9.93. The Bertz CT molecular complexity index is 605. The summed E-state index contributed by atoms with van der Waals surface area (Å²) in [4.78, 5) is 16.1. The van der Waals surface area contributed by atoms with E-state index in [2.05, 4.69) is 20.9 Å². The van der Waals surface area contributed by atoms with Crippen molar-refractivity contribution in [3.05, 3.63) is 62.2 Å². The molecule has 2 aromatic rings. The number of hydrogen-bond acceptors (Lipinski definition) is 3. The summed E-state index contributed by atoms with van der Waals surface area (Å²) >= 11 is 3.37. The lowest BCUT2D eigenvalue weighted by Gasteiger charge is -2.05. The molecule has 0 saturated carbocycles. The Labute approximate surface area is 113 Å². The number of aromatic nitrogens is 2. The molecule has 1 N–H and O–H groups in total. The van der Waals surface area contributed by atoms with Gasteiger partial charge in [0.05, 0.1) is 6.61 Å². The van der Waals surface area contributed by atoms with Crippen molar-refractivity contribution in [3.63, 3.8) is 0 Å². The van der Waals surface area contributed by atoms with Crippen molar-refractivity contribution in [3.8, 4) is 0 Å². The molecule has 0 unspecified atom stereocenters. The first kappa shape index (κ1) is 13.0. The van der Waals surface area contributed by atoms with Gasteiger partial charge in [-0.2, -0.15) is 0 Å². The van der Waals surface area contributed by atoms with Gasteiger partial charge in [-0.1, -0.05) is 6.07 Å². The van der Waals surface area contributed by atoms with Gasteiger partial charge in [-0.3, -0.25) is 9.78 Å². The monoisotopic (exact) mass is 308 g/mol. The van der Waals surface area contributed by atoms with Crippen LogP contribution in [-0.2, 0) is 20.1 Å². The molecular weight excluding hydrogens is 296 g/mol. The molecule has 0 spiro atoms. The van der Waals surface area contributed by atoms with E-state index >= 15 is 0 Å². The molecule has 5 heteroatoms. The Morgan fingerprint density at radius 2 is 2.22 bits per heavy atom. The Morgan fingerprint density at radius 3 is 2.83 bits per heavy atom. The number of rotatable bonds is 3. The normalized spacial score (nSPS) is 10.6. The van der Waals surface area contributed by atoms with Crippen LogP contribution in [0.1, 0.15) is 16.8 Å². The molecule has 0 aromatic carbocycles. The maximum absolute atomic E-state index is 11.9. The van der Waals surface area contributed by atoms with E-state index in [0.717, 1.165) is 15.7 Å². The van der Waals surface area contributed by atoms with E-state index in [1.165, 1.54) is 0 Å². The molecule has 0 saturated heterocycles. The minimum Gasteiger partial charge on any atom is -0.392 e. The van der Waals surface area contributed by atoms with Crippen molar-refractivity contribution < 1.29 is 5.11 Å². The van der Waals surface area contributed by atoms with Crippen molar-refractivity contribution in [1.82, 2.24) is 9.55 Å². The first-order valence-corrected chi connectivity index (χ1v) is 6.29. The lowest BCUT2D eigenvalue weighted by molar-refractivity contribution is 0.281. The molecule has 94 valence electrons. The average molecular weight is 309 g/mol. The standard InChI is InChI=1S/C13H13BrN2O2/c1-16-7-11(14)4-10(13(16)18)5-12-3-2-9(8-17)6-15-12/h2-4,6-7,17H,5,8H2,1H3. The van der Waals surface area contributed by atoms with Crippen LogP contribution in [0.5, 0.6) is 0 Å². The first-order valence-electron chi connectivity index (χ1n) is 5.50. The van der Waals surface area contributed by atoms with Crippen molar-refractivity contribution in [2.75, 3.05) is 0 Å². The highest BCUT2D eigenvalue weighted by Gasteiger charge is 2.05. The average Bonchev–Trinajstić information content (AvgIpc) is 2.36. The third kappa shape index (κ3) is 2.86. The second-order valence-corrected chi connectivity index (χ2v) is 5.01. The minimum absolute atomic E-state index is 0.0219. The van der Waals surface area contributed by atoms with Crippen molar-refractivity contribution in [2.24, 2.45) is 7.05 Å². The van der Waals surface area contributed by atoms with Gasteiger partial charge in [0.2, 0.25) is 0 Å². The largest absolute Gasteiger partial charge is 0.392 e. The number of pyridine rings is 2. The first-order chi connectivity index (χ1) is 8.60. The molecule has 18 heavy (non-hydrogen) atoms. The van der Waals surface area contributed by atoms with E-state index in [9.17, 15) is 4.79 Å². The number of halogens is 1. The van der Waals surface area contributed by atoms with Gasteiger partial charge in [0, 0.05) is 41.6 Å². The number of hydrogen-bond donors (Lipinski definition) is 1. The summed E-state index contributed by atoms with van der Waals surface area (Å²) < 4.78 is 2.41. The predicted octanol–water partition coefficient (Wildman–Crippen LogP) is 1.63. The van der Waals surface area contributed by atoms with Crippen molar-refractivity contribution >= 4 is 15.9 Å². The maximum atomic E-state index is 11.9. The van der Waals surface area contributed by atoms with Gasteiger partial charge >= 0.3 is 0 Å². The van der Waals surface area contributed by atoms with Gasteiger partial charge in [0.15, 0.2) is 0 Å². The Balaban J connectivity index is 2.31. The lowest BCUT2D eigenvalue weighted by Crippen LogP contribution is -2.20. The van der Waals surface area contributed by atoms with Crippen LogP contribution >= 0.6 is 15.9 Å². The molecule has 2 aromatic heterocycles. The molecular formula is C13H13BrN2O2. The zero-order chi connectivity index (χ0) is 13.1. The maximum Gasteiger partial charge on any atom is 0.253 e. The Morgan fingerprint density at radius 1 is 1.44 bits per heavy atom. The van der Waals surface area contributed by atoms with Crippen LogP contribution in [0.15, 0.2) is 39.9 Å². The van der Waals surface area contributed by atoms with Crippen LogP contribution < -0.4 is 5.56 Å². The summed E-state index contributed by atoms with van der Waals surface area (Å²) in [5.74, 6) is 0. The fraction of sp³-hybridized carbons (Fsp3) is 0.231. The van der Waals surface area contributed by atoms with Crippen molar-refractivity contribution in [1.29, 1.82) is 0 Å². The highest BCUT2D eigenvalue weighted by molar-refractivity contribution is 9.10. The molecule has 4 nitrogen and oxygen atoms in total. The van der Waals surface area contributed by atoms with Crippen LogP contribution in [0.2, 0.25) is 0 Å². The summed E-state index contributed by atoms with van der Waals surface area (Å²) in [5, 5.41) is 8.94. The summed E-state index contributed by atoms with van der Waals surface area (Å²) in [5.41, 5.74) is 2.24. The summed E-state index contributed by atoms with van der Waals surface area (Å²) in [6.45, 7) is -0.0219. The lowest BCUT2D eigenvalue weighted by atomic mass is 10.1. The number of aryl methyl sites for hydroxylation is 1. The summed E-state index contributed by atoms with van der Waals surface area (Å²) in [6, 6.07) is 5.45. The van der Waals surface area contributed by atoms with Gasteiger partial charge in [0.1, 0.15) is 0 Å². The van der Waals surface area contributed by atoms with E-state index in [-0.39, 0.29) is 12.2 Å². The summed E-state index contributed by atoms with van der Waals surface area (Å²) in [7, 11) is 1.72. The molecule has 0 bridgehead atoms. The summed E-state index contributed by atoms with van der Waals surface area (Å²) in [6.07, 6.45) is 3.84. The Hall–Kier alpha value is -1.46. The topological polar surface area (TPSA) is 55.1 Å². The van der Waals surface area contributed by atoms with Crippen molar-refractivity contribution in [2.45, 2.75) is 13.0 Å². The SMILES string of the molecule is Cn1cc(Br)cc(Cc2ccc(CO)cn2)c1=O. The fourth-order valence-corrected chi connectivity index (χ4v) is 2.29. The predicted molar refractivity (Wildman–Crippen MR) is 72.3 cm³/mol. The van der Waals surface area contributed by atoms with Gasteiger partial charge in [-0.15, -0.1) is 0 Å². The molecule has 0 amide bonds. The second-order valence-electron chi connectivity index (χ2n) is 4.09. The number of aliphatic hydroxyl groups is 1. The van der Waals surface area contributed by atoms with Gasteiger partial charge in [0.25, 0.3) is 5.56 Å². The highest BCUT2D eigenvalue weighted by Crippen LogP contribution is 2.11. The van der Waals surface area contributed by atoms with Crippen LogP contribution in [0.3, 0.4) is 0 Å². The van der Waals surface area contributed by atoms with E-state index in [1.54, 1.807) is 24.0 Å². The van der Waals surface area contributed by atoms with Gasteiger partial charge in [-0.25, -0.2) is 0 Å². The van der Waals surface area contributed by atoms with E-state index in [4.69, 9.17) is 5.11 Å². The zero-order valence-corrected chi connectivity index (χ0v) is 11.5. The molecule has 2 rings (SSSR count). The van der Waals surface area contributed by atoms with Crippen LogP contribution in [0.4, 0.5) is 0 Å². The molecule has 2 heterocycles. The fourth-order valence-electron chi connectivity index (χ4n) is 1.71. The van der Waals surface area contributed by atoms with Crippen LogP contribution in [-0.4, -0.2) is 14.7 Å². The molecule has 0 aliphatic heterocycles. The van der Waals surface area contributed by atoms with Crippen LogP contribution in [0, 0.1) is 0 Å². The molecule has 0 fully saturated rings. The van der Waals surface area contributed by atoms with Gasteiger partial charge < -0.3 is 9.67 Å². The molecule has 0 atom stereocenters. The Kier molecular flexibility index (Phi) is 3.93. The number of aliphatic hydroxyl groups excluding tert-OH is 1. The molecule has 0 aliphatic rings. The van der Waals surface area contributed by atoms with Gasteiger partial charge in [-0.05, 0) is 33.6 Å². The van der Waals surface area contributed by atoms with E-state index in [0.29, 0.717) is 12.0 Å². The highest BCUT2D eigenvalue weighted by atomic mass is 79.9. The smallest absolute Gasteiger partial charge is 0.253 e. The third-order valence-electron chi connectivity index (χ3n) is 2.66. The minimum atomic E-state index is -0.0220. The van der Waals surface area contributed by atoms with E-state index < -0.39 is 0 Å². The quantitative estimate of drug-likeness (QED) is 0.937.